The molecule has 1 unspecified atom stereocenters. The molecule has 1 atom stereocenters. The standard InChI is InChI=1S/C29H30N2O4/c1-16(2)28(33)35-23-11-8-17(13-24(23)34-5)27-26-19(14-29(3,4)15-22(26)32)25-18-7-6-12-30-20(18)9-10-21(25)31-27/h6-13,16,27,31H,14-15H2,1-5H3/p+1. The maximum Gasteiger partial charge on any atom is 0.313 e. The molecule has 2 N–H and O–H groups in total. The lowest BCUT2D eigenvalue weighted by Gasteiger charge is -2.40. The largest absolute Gasteiger partial charge is 0.493 e. The third-order valence-electron chi connectivity index (χ3n) is 6.86. The van der Waals surface area contributed by atoms with Crippen molar-refractivity contribution in [2.24, 2.45) is 11.3 Å². The number of methoxy groups -OCH3 is 1. The molecule has 1 aliphatic heterocycles. The zero-order valence-corrected chi connectivity index (χ0v) is 20.8. The molecule has 1 aliphatic carbocycles. The number of fused-ring (bicyclic) bond motifs is 4. The number of allylic oxidation sites excluding steroid dienone is 1. The summed E-state index contributed by atoms with van der Waals surface area (Å²) >= 11 is 0. The number of carbonyl (C=O) groups excluding carboxylic acids is 2. The average molecular weight is 472 g/mol. The van der Waals surface area contributed by atoms with Crippen LogP contribution in [0.1, 0.15) is 57.7 Å². The molecule has 180 valence electrons. The number of benzene rings is 2. The van der Waals surface area contributed by atoms with E-state index in [1.807, 2.05) is 24.4 Å². The maximum absolute atomic E-state index is 13.6. The summed E-state index contributed by atoms with van der Waals surface area (Å²) in [4.78, 5) is 29.1. The van der Waals surface area contributed by atoms with Gasteiger partial charge in [0.25, 0.3) is 0 Å². The molecule has 6 nitrogen and oxygen atoms in total. The van der Waals surface area contributed by atoms with Gasteiger partial charge in [0.1, 0.15) is 0 Å². The van der Waals surface area contributed by atoms with E-state index in [0.717, 1.165) is 45.3 Å². The summed E-state index contributed by atoms with van der Waals surface area (Å²) in [6, 6.07) is 13.4. The maximum atomic E-state index is 13.6. The average Bonchev–Trinajstić information content (AvgIpc) is 2.82. The highest BCUT2D eigenvalue weighted by atomic mass is 16.6. The summed E-state index contributed by atoms with van der Waals surface area (Å²) in [5, 5.41) is 4.74. The Morgan fingerprint density at radius 2 is 1.91 bits per heavy atom. The Kier molecular flexibility index (Phi) is 5.62. The van der Waals surface area contributed by atoms with Crippen LogP contribution in [-0.4, -0.2) is 18.9 Å². The Morgan fingerprint density at radius 1 is 1.11 bits per heavy atom. The number of aromatic amines is 1. The van der Waals surface area contributed by atoms with Crippen LogP contribution in [-0.2, 0) is 9.59 Å². The molecule has 3 aromatic rings. The Hall–Kier alpha value is -3.67. The van der Waals surface area contributed by atoms with Crippen molar-refractivity contribution in [2.45, 2.75) is 46.6 Å². The summed E-state index contributed by atoms with van der Waals surface area (Å²) < 4.78 is 11.1. The summed E-state index contributed by atoms with van der Waals surface area (Å²) in [5.41, 5.74) is 5.81. The number of rotatable bonds is 4. The minimum Gasteiger partial charge on any atom is -0.493 e. The van der Waals surface area contributed by atoms with Crippen LogP contribution < -0.4 is 19.8 Å². The number of esters is 1. The third kappa shape index (κ3) is 4.07. The van der Waals surface area contributed by atoms with Gasteiger partial charge in [0.05, 0.1) is 24.5 Å². The van der Waals surface area contributed by atoms with Crippen molar-refractivity contribution < 1.29 is 24.0 Å². The first-order valence-corrected chi connectivity index (χ1v) is 12.0. The monoisotopic (exact) mass is 471 g/mol. The van der Waals surface area contributed by atoms with Gasteiger partial charge < -0.3 is 14.8 Å². The number of aromatic nitrogens is 1. The minimum absolute atomic E-state index is 0.123. The van der Waals surface area contributed by atoms with Gasteiger partial charge >= 0.3 is 5.97 Å². The number of carbonyl (C=O) groups is 2. The van der Waals surface area contributed by atoms with Gasteiger partial charge in [0.15, 0.2) is 23.5 Å². The SMILES string of the molecule is COc1cc(C2Nc3ccc4[nH+]cccc4c3C3=C2C(=O)CC(C)(C)C3)ccc1OC(=O)C(C)C. The smallest absolute Gasteiger partial charge is 0.313 e. The molecular formula is C29H31N2O4+. The molecule has 0 fully saturated rings. The predicted octanol–water partition coefficient (Wildman–Crippen LogP) is 5.53. The zero-order chi connectivity index (χ0) is 24.9. The molecule has 1 aromatic heterocycles. The highest BCUT2D eigenvalue weighted by Gasteiger charge is 2.41. The Morgan fingerprint density at radius 3 is 2.66 bits per heavy atom. The van der Waals surface area contributed by atoms with Crippen molar-refractivity contribution in [1.82, 2.24) is 0 Å². The molecule has 0 amide bonds. The van der Waals surface area contributed by atoms with E-state index in [0.29, 0.717) is 17.9 Å². The number of nitrogens with one attached hydrogen (secondary N) is 2. The van der Waals surface area contributed by atoms with E-state index in [-0.39, 0.29) is 29.1 Å². The topological polar surface area (TPSA) is 78.8 Å². The number of ketones is 1. The van der Waals surface area contributed by atoms with Gasteiger partial charge in [-0.05, 0) is 47.2 Å². The Labute approximate surface area is 205 Å². The first kappa shape index (κ1) is 23.1. The van der Waals surface area contributed by atoms with Crippen LogP contribution in [0.25, 0.3) is 16.5 Å². The number of ether oxygens (including phenoxy) is 2. The molecular weight excluding hydrogens is 440 g/mol. The summed E-state index contributed by atoms with van der Waals surface area (Å²) in [5.74, 6) is 0.421. The quantitative estimate of drug-likeness (QED) is 0.400. The van der Waals surface area contributed by atoms with Crippen LogP contribution >= 0.6 is 0 Å². The zero-order valence-electron chi connectivity index (χ0n) is 20.8. The Bertz CT molecular complexity index is 1390. The lowest BCUT2D eigenvalue weighted by molar-refractivity contribution is -0.344. The fourth-order valence-corrected chi connectivity index (χ4v) is 5.19. The van der Waals surface area contributed by atoms with Crippen molar-refractivity contribution in [1.29, 1.82) is 0 Å². The number of hydrogen-bond donors (Lipinski definition) is 1. The molecule has 0 spiro atoms. The number of Topliss-reactive ketones (excluding diaryl/α,β-unsaturated/α-hetero) is 1. The van der Waals surface area contributed by atoms with Gasteiger partial charge in [-0.1, -0.05) is 33.8 Å². The first-order valence-electron chi connectivity index (χ1n) is 12.0. The van der Waals surface area contributed by atoms with E-state index in [9.17, 15) is 9.59 Å². The lowest BCUT2D eigenvalue weighted by atomic mass is 9.68. The van der Waals surface area contributed by atoms with Crippen LogP contribution in [0.5, 0.6) is 11.5 Å². The van der Waals surface area contributed by atoms with Crippen molar-refractivity contribution in [3.05, 3.63) is 65.4 Å². The van der Waals surface area contributed by atoms with Gasteiger partial charge in [-0.25, -0.2) is 4.98 Å². The molecule has 0 radical (unpaired) electrons. The first-order chi connectivity index (χ1) is 16.7. The van der Waals surface area contributed by atoms with E-state index >= 15 is 0 Å². The fourth-order valence-electron chi connectivity index (χ4n) is 5.19. The molecule has 35 heavy (non-hydrogen) atoms. The second-order valence-corrected chi connectivity index (χ2v) is 10.5. The number of pyridine rings is 1. The molecule has 2 aliphatic rings. The lowest BCUT2D eigenvalue weighted by Crippen LogP contribution is -2.33. The highest BCUT2D eigenvalue weighted by Crippen LogP contribution is 2.52. The van der Waals surface area contributed by atoms with Gasteiger partial charge in [0, 0.05) is 35.4 Å². The van der Waals surface area contributed by atoms with Crippen LogP contribution in [0.4, 0.5) is 5.69 Å². The second kappa shape index (κ2) is 8.52. The molecule has 0 saturated carbocycles. The normalized spacial score (nSPS) is 18.7. The molecule has 6 heteroatoms. The molecule has 5 rings (SSSR count). The van der Waals surface area contributed by atoms with Gasteiger partial charge in [-0.2, -0.15) is 0 Å². The van der Waals surface area contributed by atoms with E-state index < -0.39 is 0 Å². The number of H-pyrrole nitrogens is 1. The van der Waals surface area contributed by atoms with E-state index in [1.165, 1.54) is 0 Å². The molecule has 2 heterocycles. The summed E-state index contributed by atoms with van der Waals surface area (Å²) in [6.45, 7) is 7.89. The minimum atomic E-state index is -0.324. The highest BCUT2D eigenvalue weighted by molar-refractivity contribution is 6.12. The molecule has 0 saturated heterocycles. The van der Waals surface area contributed by atoms with Crippen LogP contribution in [0.15, 0.2) is 54.2 Å². The van der Waals surface area contributed by atoms with Crippen molar-refractivity contribution in [3.8, 4) is 11.5 Å². The van der Waals surface area contributed by atoms with E-state index in [4.69, 9.17) is 9.47 Å². The predicted molar refractivity (Wildman–Crippen MR) is 135 cm³/mol. The Balaban J connectivity index is 1.66. The molecule has 0 bridgehead atoms. The van der Waals surface area contributed by atoms with Crippen molar-refractivity contribution >= 4 is 33.9 Å². The van der Waals surface area contributed by atoms with Gasteiger partial charge in [-0.3, -0.25) is 9.59 Å². The summed E-state index contributed by atoms with van der Waals surface area (Å²) in [7, 11) is 1.55. The van der Waals surface area contributed by atoms with Crippen molar-refractivity contribution in [2.75, 3.05) is 12.4 Å². The van der Waals surface area contributed by atoms with Gasteiger partial charge in [-0.15, -0.1) is 0 Å². The van der Waals surface area contributed by atoms with Crippen LogP contribution in [0.3, 0.4) is 0 Å². The van der Waals surface area contributed by atoms with Crippen molar-refractivity contribution in [3.63, 3.8) is 0 Å². The van der Waals surface area contributed by atoms with Gasteiger partial charge in [0.2, 0.25) is 5.52 Å². The van der Waals surface area contributed by atoms with Crippen LogP contribution in [0.2, 0.25) is 0 Å². The van der Waals surface area contributed by atoms with E-state index in [1.54, 1.807) is 27.0 Å². The third-order valence-corrected chi connectivity index (χ3v) is 6.86. The number of hydrogen-bond acceptors (Lipinski definition) is 5. The number of anilines is 1. The second-order valence-electron chi connectivity index (χ2n) is 10.5. The van der Waals surface area contributed by atoms with E-state index in [2.05, 4.69) is 42.3 Å². The molecule has 2 aromatic carbocycles. The van der Waals surface area contributed by atoms with Crippen LogP contribution in [0, 0.1) is 11.3 Å². The fraction of sp³-hybridized carbons (Fsp3) is 0.345. The summed E-state index contributed by atoms with van der Waals surface area (Å²) in [6.07, 6.45) is 3.23.